The van der Waals surface area contributed by atoms with Gasteiger partial charge in [-0.1, -0.05) is 0 Å². The molecule has 0 aliphatic carbocycles. The van der Waals surface area contributed by atoms with Crippen molar-refractivity contribution in [3.05, 3.63) is 87.1 Å². The second-order valence-electron chi connectivity index (χ2n) is 6.55. The standard InChI is InChI=1S/C21H16FNO8/c22-15-1-3-17(4-2-15)28-11-18-5-6-19(31-18)21(24)29-10-14-8-16(23(25)26)7-13-9-27-12-30-20(13)14/h1-8H,9-12H2. The Balaban J connectivity index is 1.40. The van der Waals surface area contributed by atoms with Gasteiger partial charge in [-0.25, -0.2) is 9.18 Å². The van der Waals surface area contributed by atoms with Crippen molar-refractivity contribution in [1.82, 2.24) is 0 Å². The molecular weight excluding hydrogens is 413 g/mol. The fourth-order valence-corrected chi connectivity index (χ4v) is 2.96. The van der Waals surface area contributed by atoms with Crippen LogP contribution in [-0.4, -0.2) is 17.7 Å². The average molecular weight is 429 g/mol. The highest BCUT2D eigenvalue weighted by Crippen LogP contribution is 2.33. The first-order valence-corrected chi connectivity index (χ1v) is 9.14. The first-order valence-electron chi connectivity index (χ1n) is 9.14. The van der Waals surface area contributed by atoms with E-state index < -0.39 is 10.9 Å². The second-order valence-corrected chi connectivity index (χ2v) is 6.55. The number of rotatable bonds is 7. The molecule has 0 saturated heterocycles. The molecule has 2 heterocycles. The van der Waals surface area contributed by atoms with Crippen molar-refractivity contribution in [2.45, 2.75) is 19.8 Å². The maximum absolute atomic E-state index is 12.9. The molecule has 31 heavy (non-hydrogen) atoms. The van der Waals surface area contributed by atoms with Crippen molar-refractivity contribution in [1.29, 1.82) is 0 Å². The van der Waals surface area contributed by atoms with Gasteiger partial charge in [0.15, 0.2) is 6.79 Å². The molecule has 0 amide bonds. The molecule has 0 bridgehead atoms. The van der Waals surface area contributed by atoms with E-state index in [1.54, 1.807) is 6.07 Å². The molecule has 2 aromatic carbocycles. The number of benzene rings is 2. The molecule has 1 aliphatic heterocycles. The number of carbonyl (C=O) groups excluding carboxylic acids is 1. The molecule has 0 unspecified atom stereocenters. The summed E-state index contributed by atoms with van der Waals surface area (Å²) in [6, 6.07) is 11.1. The normalized spacial score (nSPS) is 12.5. The molecular formula is C21H16FNO8. The van der Waals surface area contributed by atoms with Crippen LogP contribution in [-0.2, 0) is 29.3 Å². The van der Waals surface area contributed by atoms with Gasteiger partial charge in [0, 0.05) is 23.3 Å². The van der Waals surface area contributed by atoms with Crippen LogP contribution < -0.4 is 9.47 Å². The number of non-ortho nitro benzene ring substituents is 1. The van der Waals surface area contributed by atoms with Gasteiger partial charge in [-0.15, -0.1) is 0 Å². The van der Waals surface area contributed by atoms with Crippen LogP contribution in [0.1, 0.15) is 27.4 Å². The summed E-state index contributed by atoms with van der Waals surface area (Å²) >= 11 is 0. The number of furan rings is 1. The number of nitro groups is 1. The van der Waals surface area contributed by atoms with Gasteiger partial charge in [0.05, 0.1) is 11.5 Å². The number of ether oxygens (including phenoxy) is 4. The van der Waals surface area contributed by atoms with E-state index in [1.165, 1.54) is 42.5 Å². The highest BCUT2D eigenvalue weighted by atomic mass is 19.1. The van der Waals surface area contributed by atoms with Gasteiger partial charge in [-0.2, -0.15) is 0 Å². The van der Waals surface area contributed by atoms with Crippen LogP contribution >= 0.6 is 0 Å². The van der Waals surface area contributed by atoms with Gasteiger partial charge in [-0.05, 0) is 36.4 Å². The van der Waals surface area contributed by atoms with Crippen molar-refractivity contribution in [2.24, 2.45) is 0 Å². The summed E-state index contributed by atoms with van der Waals surface area (Å²) in [6.07, 6.45) is 0. The van der Waals surface area contributed by atoms with Gasteiger partial charge < -0.3 is 23.4 Å². The molecule has 0 radical (unpaired) electrons. The van der Waals surface area contributed by atoms with Crippen LogP contribution in [0.15, 0.2) is 52.9 Å². The first-order chi connectivity index (χ1) is 15.0. The van der Waals surface area contributed by atoms with Crippen LogP contribution in [0.4, 0.5) is 10.1 Å². The number of carbonyl (C=O) groups is 1. The quantitative estimate of drug-likeness (QED) is 0.313. The van der Waals surface area contributed by atoms with E-state index in [-0.39, 0.29) is 43.9 Å². The lowest BCUT2D eigenvalue weighted by molar-refractivity contribution is -0.385. The zero-order valence-corrected chi connectivity index (χ0v) is 16.0. The zero-order valence-electron chi connectivity index (χ0n) is 16.0. The summed E-state index contributed by atoms with van der Waals surface area (Å²) in [4.78, 5) is 22.9. The number of nitro benzene ring substituents is 1. The molecule has 4 rings (SSSR count). The largest absolute Gasteiger partial charge is 0.486 e. The highest BCUT2D eigenvalue weighted by Gasteiger charge is 2.22. The zero-order chi connectivity index (χ0) is 21.8. The Morgan fingerprint density at radius 1 is 1.13 bits per heavy atom. The molecule has 160 valence electrons. The summed E-state index contributed by atoms with van der Waals surface area (Å²) in [5.41, 5.74) is 0.703. The van der Waals surface area contributed by atoms with Gasteiger partial charge in [-0.3, -0.25) is 10.1 Å². The second kappa shape index (κ2) is 8.84. The third-order valence-corrected chi connectivity index (χ3v) is 4.40. The number of halogens is 1. The van der Waals surface area contributed by atoms with Crippen LogP contribution in [0.25, 0.3) is 0 Å². The van der Waals surface area contributed by atoms with E-state index in [0.717, 1.165) is 0 Å². The van der Waals surface area contributed by atoms with Crippen molar-refractivity contribution < 1.29 is 37.5 Å². The van der Waals surface area contributed by atoms with Crippen molar-refractivity contribution in [2.75, 3.05) is 6.79 Å². The molecule has 0 N–H and O–H groups in total. The van der Waals surface area contributed by atoms with E-state index in [9.17, 15) is 19.3 Å². The van der Waals surface area contributed by atoms with Gasteiger partial charge >= 0.3 is 5.97 Å². The molecule has 10 heteroatoms. The summed E-state index contributed by atoms with van der Waals surface area (Å²) in [7, 11) is 0. The molecule has 0 spiro atoms. The Kier molecular flexibility index (Phi) is 5.80. The molecule has 1 aliphatic rings. The molecule has 0 fully saturated rings. The van der Waals surface area contributed by atoms with Crippen molar-refractivity contribution in [3.63, 3.8) is 0 Å². The molecule has 0 atom stereocenters. The Labute approximate surface area is 175 Å². The smallest absolute Gasteiger partial charge is 0.374 e. The average Bonchev–Trinajstić information content (AvgIpc) is 3.26. The summed E-state index contributed by atoms with van der Waals surface area (Å²) in [6.45, 7) is -0.0506. The third kappa shape index (κ3) is 4.81. The van der Waals surface area contributed by atoms with Crippen molar-refractivity contribution in [3.8, 4) is 11.5 Å². The Hall–Kier alpha value is -3.92. The molecule has 3 aromatic rings. The fourth-order valence-electron chi connectivity index (χ4n) is 2.96. The number of esters is 1. The molecule has 1 aromatic heterocycles. The van der Waals surface area contributed by atoms with Crippen LogP contribution in [0.2, 0.25) is 0 Å². The minimum Gasteiger partial charge on any atom is -0.486 e. The summed E-state index contributed by atoms with van der Waals surface area (Å²) in [5.74, 6) is 0.0308. The fraction of sp³-hybridized carbons (Fsp3) is 0.190. The van der Waals surface area contributed by atoms with Crippen LogP contribution in [0, 0.1) is 15.9 Å². The van der Waals surface area contributed by atoms with Crippen LogP contribution in [0.3, 0.4) is 0 Å². The first kappa shape index (κ1) is 20.4. The molecule has 9 nitrogen and oxygen atoms in total. The lowest BCUT2D eigenvalue weighted by Crippen LogP contribution is -2.15. The number of nitrogens with zero attached hydrogens (tertiary/aromatic N) is 1. The number of fused-ring (bicyclic) bond motifs is 1. The van der Waals surface area contributed by atoms with E-state index in [2.05, 4.69) is 0 Å². The molecule has 0 saturated carbocycles. The summed E-state index contributed by atoms with van der Waals surface area (Å²) in [5, 5.41) is 11.2. The third-order valence-electron chi connectivity index (χ3n) is 4.40. The summed E-state index contributed by atoms with van der Waals surface area (Å²) < 4.78 is 39.6. The maximum atomic E-state index is 12.9. The van der Waals surface area contributed by atoms with Gasteiger partial charge in [0.25, 0.3) is 5.69 Å². The van der Waals surface area contributed by atoms with Crippen LogP contribution in [0.5, 0.6) is 11.5 Å². The minimum absolute atomic E-state index is 0.00135. The SMILES string of the molecule is O=C(OCc1cc([N+](=O)[O-])cc2c1OCOC2)c1ccc(COc2ccc(F)cc2)o1. The lowest BCUT2D eigenvalue weighted by Gasteiger charge is -2.20. The Morgan fingerprint density at radius 3 is 2.71 bits per heavy atom. The van der Waals surface area contributed by atoms with E-state index >= 15 is 0 Å². The van der Waals surface area contributed by atoms with E-state index in [4.69, 9.17) is 23.4 Å². The predicted octanol–water partition coefficient (Wildman–Crippen LogP) is 4.13. The van der Waals surface area contributed by atoms with E-state index in [0.29, 0.717) is 28.4 Å². The topological polar surface area (TPSA) is 110 Å². The van der Waals surface area contributed by atoms with Gasteiger partial charge in [0.1, 0.15) is 36.3 Å². The van der Waals surface area contributed by atoms with Gasteiger partial charge in [0.2, 0.25) is 5.76 Å². The predicted molar refractivity (Wildman–Crippen MR) is 102 cm³/mol. The maximum Gasteiger partial charge on any atom is 0.374 e. The van der Waals surface area contributed by atoms with E-state index in [1.807, 2.05) is 0 Å². The monoisotopic (exact) mass is 429 g/mol. The van der Waals surface area contributed by atoms with Crippen molar-refractivity contribution >= 4 is 11.7 Å². The number of hydrogen-bond donors (Lipinski definition) is 0. The Bertz CT molecular complexity index is 1110. The minimum atomic E-state index is -0.750. The Morgan fingerprint density at radius 2 is 1.94 bits per heavy atom. The highest BCUT2D eigenvalue weighted by molar-refractivity contribution is 5.86. The number of hydrogen-bond acceptors (Lipinski definition) is 8. The lowest BCUT2D eigenvalue weighted by atomic mass is 10.1.